The van der Waals surface area contributed by atoms with Crippen molar-refractivity contribution >= 4 is 22.6 Å². The van der Waals surface area contributed by atoms with E-state index in [0.29, 0.717) is 13.2 Å². The summed E-state index contributed by atoms with van der Waals surface area (Å²) >= 11 is 6.16. The molecule has 0 fully saturated rings. The number of aryl methyl sites for hydroxylation is 2. The molecule has 160 valence electrons. The second kappa shape index (κ2) is 9.03. The van der Waals surface area contributed by atoms with Crippen molar-refractivity contribution in [2.45, 2.75) is 40.3 Å². The fourth-order valence-electron chi connectivity index (χ4n) is 3.71. The summed E-state index contributed by atoms with van der Waals surface area (Å²) in [6.07, 6.45) is -0.228. The van der Waals surface area contributed by atoms with E-state index in [1.807, 2.05) is 62.4 Å². The zero-order valence-electron chi connectivity index (χ0n) is 18.4. The van der Waals surface area contributed by atoms with Crippen LogP contribution >= 0.6 is 11.6 Å². The number of fused-ring (bicyclic) bond motifs is 1. The summed E-state index contributed by atoms with van der Waals surface area (Å²) in [5.41, 5.74) is 5.41. The molecule has 0 aliphatic heterocycles. The lowest BCUT2D eigenvalue weighted by Gasteiger charge is -2.18. The Labute approximate surface area is 188 Å². The van der Waals surface area contributed by atoms with E-state index in [4.69, 9.17) is 26.1 Å². The first-order valence-electron chi connectivity index (χ1n) is 10.5. The smallest absolute Gasteiger partial charge is 0.153 e. The lowest BCUT2D eigenvalue weighted by molar-refractivity contribution is 0.207. The summed E-state index contributed by atoms with van der Waals surface area (Å²) in [6.45, 7) is 9.40. The number of rotatable bonds is 7. The molecule has 0 saturated heterocycles. The van der Waals surface area contributed by atoms with Gasteiger partial charge in [-0.2, -0.15) is 0 Å². The van der Waals surface area contributed by atoms with Crippen molar-refractivity contribution in [1.29, 1.82) is 0 Å². The number of para-hydroxylation sites is 2. The molecule has 1 unspecified atom stereocenters. The number of aromatic nitrogens is 2. The van der Waals surface area contributed by atoms with Gasteiger partial charge in [-0.3, -0.25) is 0 Å². The highest BCUT2D eigenvalue weighted by Gasteiger charge is 2.18. The molecule has 1 heterocycles. The molecule has 5 heteroatoms. The van der Waals surface area contributed by atoms with Gasteiger partial charge in [-0.15, -0.1) is 0 Å². The second-order valence-electron chi connectivity index (χ2n) is 7.83. The van der Waals surface area contributed by atoms with Crippen LogP contribution in [0.4, 0.5) is 0 Å². The van der Waals surface area contributed by atoms with Crippen LogP contribution < -0.4 is 9.47 Å². The summed E-state index contributed by atoms with van der Waals surface area (Å²) in [7, 11) is 0. The average Bonchev–Trinajstić information content (AvgIpc) is 3.13. The first kappa shape index (κ1) is 21.3. The Kier molecular flexibility index (Phi) is 6.19. The van der Waals surface area contributed by atoms with Crippen LogP contribution in [0.5, 0.6) is 11.5 Å². The fourth-order valence-corrected chi connectivity index (χ4v) is 3.83. The first-order chi connectivity index (χ1) is 14.9. The van der Waals surface area contributed by atoms with Crippen molar-refractivity contribution in [3.05, 3.63) is 88.2 Å². The van der Waals surface area contributed by atoms with Crippen molar-refractivity contribution in [3.63, 3.8) is 0 Å². The number of nitrogens with zero attached hydrogens (tertiary/aromatic N) is 2. The van der Waals surface area contributed by atoms with Gasteiger partial charge in [0, 0.05) is 5.02 Å². The van der Waals surface area contributed by atoms with Crippen LogP contribution in [0.25, 0.3) is 11.0 Å². The Morgan fingerprint density at radius 3 is 2.58 bits per heavy atom. The summed E-state index contributed by atoms with van der Waals surface area (Å²) < 4.78 is 14.5. The van der Waals surface area contributed by atoms with Crippen molar-refractivity contribution in [2.75, 3.05) is 6.61 Å². The van der Waals surface area contributed by atoms with Gasteiger partial charge in [0.1, 0.15) is 18.1 Å². The molecule has 0 amide bonds. The molecule has 0 aliphatic carbocycles. The third kappa shape index (κ3) is 4.54. The van der Waals surface area contributed by atoms with E-state index in [1.165, 1.54) is 11.1 Å². The number of imidazole rings is 1. The SMILES string of the molecule is Cc1cc(OC(C)c2nc3ccccc3n2CCOc2cccc(C)c2C)ccc1Cl. The molecule has 0 bridgehead atoms. The number of benzene rings is 3. The maximum atomic E-state index is 6.22. The van der Waals surface area contributed by atoms with Crippen molar-refractivity contribution in [1.82, 2.24) is 9.55 Å². The summed E-state index contributed by atoms with van der Waals surface area (Å²) in [4.78, 5) is 4.86. The number of hydrogen-bond donors (Lipinski definition) is 0. The van der Waals surface area contributed by atoms with Gasteiger partial charge in [0.05, 0.1) is 17.6 Å². The van der Waals surface area contributed by atoms with E-state index < -0.39 is 0 Å². The Bertz CT molecular complexity index is 1220. The minimum absolute atomic E-state index is 0.228. The maximum Gasteiger partial charge on any atom is 0.153 e. The Hall–Kier alpha value is -2.98. The summed E-state index contributed by atoms with van der Waals surface area (Å²) in [5.74, 6) is 2.57. The van der Waals surface area contributed by atoms with Gasteiger partial charge in [0.2, 0.25) is 0 Å². The zero-order chi connectivity index (χ0) is 22.0. The summed E-state index contributed by atoms with van der Waals surface area (Å²) in [6, 6.07) is 20.0. The lowest BCUT2D eigenvalue weighted by Crippen LogP contribution is -2.16. The molecule has 0 saturated carbocycles. The monoisotopic (exact) mass is 434 g/mol. The van der Waals surface area contributed by atoms with Crippen LogP contribution in [0, 0.1) is 20.8 Å². The zero-order valence-corrected chi connectivity index (χ0v) is 19.1. The fraction of sp³-hybridized carbons (Fsp3) is 0.269. The molecular formula is C26H27ClN2O2. The van der Waals surface area contributed by atoms with Gasteiger partial charge in [-0.1, -0.05) is 35.9 Å². The number of hydrogen-bond acceptors (Lipinski definition) is 3. The summed E-state index contributed by atoms with van der Waals surface area (Å²) in [5, 5.41) is 0.732. The molecule has 0 aliphatic rings. The third-order valence-corrected chi connectivity index (χ3v) is 6.04. The third-order valence-electron chi connectivity index (χ3n) is 5.62. The highest BCUT2D eigenvalue weighted by molar-refractivity contribution is 6.31. The number of halogens is 1. The van der Waals surface area contributed by atoms with Crippen LogP contribution in [0.15, 0.2) is 60.7 Å². The normalized spacial score (nSPS) is 12.2. The molecule has 1 atom stereocenters. The van der Waals surface area contributed by atoms with E-state index in [1.54, 1.807) is 0 Å². The van der Waals surface area contributed by atoms with Gasteiger partial charge in [-0.05, 0) is 80.8 Å². The van der Waals surface area contributed by atoms with Gasteiger partial charge in [0.15, 0.2) is 11.9 Å². The van der Waals surface area contributed by atoms with Crippen LogP contribution in [0.3, 0.4) is 0 Å². The molecule has 4 nitrogen and oxygen atoms in total. The largest absolute Gasteiger partial charge is 0.491 e. The standard InChI is InChI=1S/C26H27ClN2O2/c1-17-8-7-11-25(19(17)3)30-15-14-29-24-10-6-5-9-23(24)28-26(29)20(4)31-21-12-13-22(27)18(2)16-21/h5-13,16,20H,14-15H2,1-4H3. The molecule has 4 rings (SSSR count). The van der Waals surface area contributed by atoms with Crippen molar-refractivity contribution in [2.24, 2.45) is 0 Å². The molecule has 31 heavy (non-hydrogen) atoms. The van der Waals surface area contributed by atoms with Crippen LogP contribution in [0.2, 0.25) is 5.02 Å². The molecule has 0 spiro atoms. The quantitative estimate of drug-likeness (QED) is 0.319. The first-order valence-corrected chi connectivity index (χ1v) is 10.9. The van der Waals surface area contributed by atoms with Gasteiger partial charge in [0.25, 0.3) is 0 Å². The predicted molar refractivity (Wildman–Crippen MR) is 126 cm³/mol. The minimum atomic E-state index is -0.228. The molecule has 0 radical (unpaired) electrons. The number of ether oxygens (including phenoxy) is 2. The van der Waals surface area contributed by atoms with Gasteiger partial charge < -0.3 is 14.0 Å². The maximum absolute atomic E-state index is 6.22. The van der Waals surface area contributed by atoms with Crippen LogP contribution in [-0.2, 0) is 6.54 Å². The lowest BCUT2D eigenvalue weighted by atomic mass is 10.1. The van der Waals surface area contributed by atoms with E-state index in [-0.39, 0.29) is 6.10 Å². The van der Waals surface area contributed by atoms with E-state index in [9.17, 15) is 0 Å². The van der Waals surface area contributed by atoms with E-state index in [2.05, 4.69) is 30.5 Å². The average molecular weight is 435 g/mol. The van der Waals surface area contributed by atoms with E-state index >= 15 is 0 Å². The Balaban J connectivity index is 1.57. The van der Waals surface area contributed by atoms with Crippen molar-refractivity contribution < 1.29 is 9.47 Å². The topological polar surface area (TPSA) is 36.3 Å². The molecule has 0 N–H and O–H groups in total. The minimum Gasteiger partial charge on any atom is -0.491 e. The molecule has 1 aromatic heterocycles. The van der Waals surface area contributed by atoms with Crippen molar-refractivity contribution in [3.8, 4) is 11.5 Å². The molecule has 4 aromatic rings. The molecular weight excluding hydrogens is 408 g/mol. The highest BCUT2D eigenvalue weighted by Crippen LogP contribution is 2.28. The van der Waals surface area contributed by atoms with Crippen LogP contribution in [-0.4, -0.2) is 16.2 Å². The van der Waals surface area contributed by atoms with E-state index in [0.717, 1.165) is 38.9 Å². The Morgan fingerprint density at radius 1 is 0.968 bits per heavy atom. The Morgan fingerprint density at radius 2 is 1.77 bits per heavy atom. The van der Waals surface area contributed by atoms with Crippen LogP contribution in [0.1, 0.15) is 35.5 Å². The second-order valence-corrected chi connectivity index (χ2v) is 8.24. The predicted octanol–water partition coefficient (Wildman–Crippen LogP) is 6.83. The molecule has 3 aromatic carbocycles. The van der Waals surface area contributed by atoms with Gasteiger partial charge >= 0.3 is 0 Å². The van der Waals surface area contributed by atoms with Gasteiger partial charge in [-0.25, -0.2) is 4.98 Å². The highest BCUT2D eigenvalue weighted by atomic mass is 35.5.